The minimum absolute atomic E-state index is 0.420. The number of hydrogen-bond donors (Lipinski definition) is 2. The molecular formula is C12H24O4. The van der Waals surface area contributed by atoms with E-state index in [1.54, 1.807) is 20.8 Å². The molecule has 0 amide bonds. The van der Waals surface area contributed by atoms with Gasteiger partial charge in [-0.2, -0.15) is 0 Å². The van der Waals surface area contributed by atoms with Crippen molar-refractivity contribution >= 4 is 5.97 Å². The summed E-state index contributed by atoms with van der Waals surface area (Å²) in [5.74, 6) is -0.905. The number of hydrogen-bond acceptors (Lipinski definition) is 4. The highest BCUT2D eigenvalue weighted by atomic mass is 16.6. The highest BCUT2D eigenvalue weighted by Gasteiger charge is 2.26. The van der Waals surface area contributed by atoms with Crippen molar-refractivity contribution in [2.24, 2.45) is 5.92 Å². The molecule has 0 bridgehead atoms. The molecule has 0 radical (unpaired) electrons. The predicted molar refractivity (Wildman–Crippen MR) is 61.9 cm³/mol. The highest BCUT2D eigenvalue weighted by molar-refractivity contribution is 5.73. The highest BCUT2D eigenvalue weighted by Crippen LogP contribution is 2.16. The zero-order valence-corrected chi connectivity index (χ0v) is 10.6. The van der Waals surface area contributed by atoms with Crippen molar-refractivity contribution in [3.8, 4) is 0 Å². The predicted octanol–water partition coefficient (Wildman–Crippen LogP) is 1.49. The van der Waals surface area contributed by atoms with E-state index >= 15 is 0 Å². The molecule has 0 saturated carbocycles. The van der Waals surface area contributed by atoms with Gasteiger partial charge in [-0.05, 0) is 27.2 Å². The van der Waals surface area contributed by atoms with Crippen LogP contribution in [0.5, 0.6) is 0 Å². The summed E-state index contributed by atoms with van der Waals surface area (Å²) in [6.45, 7) is 6.83. The second kappa shape index (κ2) is 7.63. The number of aliphatic hydroxyl groups is 2. The van der Waals surface area contributed by atoms with Crippen LogP contribution < -0.4 is 0 Å². The van der Waals surface area contributed by atoms with Gasteiger partial charge in [-0.1, -0.05) is 19.8 Å². The quantitative estimate of drug-likeness (QED) is 0.653. The van der Waals surface area contributed by atoms with Crippen molar-refractivity contribution in [3.63, 3.8) is 0 Å². The Morgan fingerprint density at radius 2 is 1.75 bits per heavy atom. The molecule has 0 aromatic heterocycles. The first-order chi connectivity index (χ1) is 7.40. The largest absolute Gasteiger partial charge is 0.460 e. The molecule has 0 aromatic carbocycles. The molecule has 0 saturated heterocycles. The van der Waals surface area contributed by atoms with Gasteiger partial charge in [0, 0.05) is 0 Å². The SMILES string of the molecule is CCCCC(C(=O)OC(C)C(C)O)C(C)O. The average Bonchev–Trinajstić information content (AvgIpc) is 2.17. The van der Waals surface area contributed by atoms with Crippen LogP contribution in [0.3, 0.4) is 0 Å². The Morgan fingerprint density at radius 3 is 2.12 bits per heavy atom. The number of rotatable bonds is 7. The maximum atomic E-state index is 11.7. The van der Waals surface area contributed by atoms with E-state index in [9.17, 15) is 15.0 Å². The van der Waals surface area contributed by atoms with E-state index in [-0.39, 0.29) is 0 Å². The molecule has 0 aliphatic heterocycles. The van der Waals surface area contributed by atoms with Crippen molar-refractivity contribution in [2.45, 2.75) is 65.3 Å². The molecule has 16 heavy (non-hydrogen) atoms. The molecule has 0 aliphatic carbocycles. The average molecular weight is 232 g/mol. The molecule has 4 heteroatoms. The minimum atomic E-state index is -0.708. The fourth-order valence-corrected chi connectivity index (χ4v) is 1.35. The minimum Gasteiger partial charge on any atom is -0.460 e. The Labute approximate surface area is 97.6 Å². The van der Waals surface area contributed by atoms with Crippen LogP contribution in [0.1, 0.15) is 47.0 Å². The molecule has 0 rings (SSSR count). The van der Waals surface area contributed by atoms with Gasteiger partial charge in [-0.25, -0.2) is 0 Å². The topological polar surface area (TPSA) is 66.8 Å². The molecular weight excluding hydrogens is 208 g/mol. The second-order valence-corrected chi connectivity index (χ2v) is 4.37. The smallest absolute Gasteiger partial charge is 0.311 e. The first kappa shape index (κ1) is 15.4. The van der Waals surface area contributed by atoms with Gasteiger partial charge in [-0.3, -0.25) is 4.79 Å². The van der Waals surface area contributed by atoms with Crippen LogP contribution in [0.15, 0.2) is 0 Å². The van der Waals surface area contributed by atoms with Crippen molar-refractivity contribution in [1.29, 1.82) is 0 Å². The number of esters is 1. The third kappa shape index (κ3) is 5.47. The van der Waals surface area contributed by atoms with Crippen LogP contribution in [0, 0.1) is 5.92 Å². The van der Waals surface area contributed by atoms with E-state index in [1.165, 1.54) is 0 Å². The summed E-state index contributed by atoms with van der Waals surface area (Å²) in [6.07, 6.45) is 0.552. The normalized spacial score (nSPS) is 18.6. The summed E-state index contributed by atoms with van der Waals surface area (Å²) in [5.41, 5.74) is 0. The van der Waals surface area contributed by atoms with Gasteiger partial charge in [0.2, 0.25) is 0 Å². The van der Waals surface area contributed by atoms with Crippen molar-refractivity contribution in [3.05, 3.63) is 0 Å². The molecule has 2 N–H and O–H groups in total. The maximum absolute atomic E-state index is 11.7. The van der Waals surface area contributed by atoms with Crippen molar-refractivity contribution < 1.29 is 19.7 Å². The van der Waals surface area contributed by atoms with Crippen LogP contribution in [-0.4, -0.2) is 34.5 Å². The van der Waals surface area contributed by atoms with E-state index < -0.39 is 30.2 Å². The van der Waals surface area contributed by atoms with Crippen LogP contribution in [0.4, 0.5) is 0 Å². The summed E-state index contributed by atoms with van der Waals surface area (Å²) in [6, 6.07) is 0. The van der Waals surface area contributed by atoms with Crippen molar-refractivity contribution in [1.82, 2.24) is 0 Å². The maximum Gasteiger partial charge on any atom is 0.311 e. The Bertz CT molecular complexity index is 201. The Kier molecular flexibility index (Phi) is 7.34. The summed E-state index contributed by atoms with van der Waals surface area (Å²) < 4.78 is 5.08. The van der Waals surface area contributed by atoms with E-state index in [0.717, 1.165) is 12.8 Å². The lowest BCUT2D eigenvalue weighted by atomic mass is 9.97. The monoisotopic (exact) mass is 232 g/mol. The molecule has 4 unspecified atom stereocenters. The van der Waals surface area contributed by atoms with Gasteiger partial charge < -0.3 is 14.9 Å². The fraction of sp³-hybridized carbons (Fsp3) is 0.917. The van der Waals surface area contributed by atoms with Crippen molar-refractivity contribution in [2.75, 3.05) is 0 Å². The van der Waals surface area contributed by atoms with Crippen LogP contribution >= 0.6 is 0 Å². The summed E-state index contributed by atoms with van der Waals surface area (Å²) in [5, 5.41) is 18.7. The Balaban J connectivity index is 4.27. The number of aliphatic hydroxyl groups excluding tert-OH is 2. The lowest BCUT2D eigenvalue weighted by molar-refractivity contribution is -0.162. The number of carbonyl (C=O) groups is 1. The molecule has 0 aromatic rings. The van der Waals surface area contributed by atoms with Gasteiger partial charge in [-0.15, -0.1) is 0 Å². The van der Waals surface area contributed by atoms with E-state index in [4.69, 9.17) is 4.74 Å². The molecule has 0 aliphatic rings. The van der Waals surface area contributed by atoms with Gasteiger partial charge in [0.15, 0.2) is 0 Å². The second-order valence-electron chi connectivity index (χ2n) is 4.37. The lowest BCUT2D eigenvalue weighted by Crippen LogP contribution is -2.33. The molecule has 4 atom stereocenters. The molecule has 0 spiro atoms. The van der Waals surface area contributed by atoms with E-state index in [2.05, 4.69) is 0 Å². The zero-order valence-electron chi connectivity index (χ0n) is 10.6. The third-order valence-electron chi connectivity index (χ3n) is 2.74. The fourth-order valence-electron chi connectivity index (χ4n) is 1.35. The van der Waals surface area contributed by atoms with Crippen LogP contribution in [-0.2, 0) is 9.53 Å². The standard InChI is InChI=1S/C12H24O4/c1-5-6-7-11(9(3)14)12(15)16-10(4)8(2)13/h8-11,13-14H,5-7H2,1-4H3. The lowest BCUT2D eigenvalue weighted by Gasteiger charge is -2.22. The van der Waals surface area contributed by atoms with E-state index in [0.29, 0.717) is 6.42 Å². The number of carbonyl (C=O) groups excluding carboxylic acids is 1. The van der Waals surface area contributed by atoms with E-state index in [1.807, 2.05) is 6.92 Å². The first-order valence-electron chi connectivity index (χ1n) is 5.96. The summed E-state index contributed by atoms with van der Waals surface area (Å²) >= 11 is 0. The zero-order chi connectivity index (χ0) is 12.7. The third-order valence-corrected chi connectivity index (χ3v) is 2.74. The van der Waals surface area contributed by atoms with Gasteiger partial charge in [0.25, 0.3) is 0 Å². The van der Waals surface area contributed by atoms with Gasteiger partial charge in [0.05, 0.1) is 18.1 Å². The molecule has 0 fully saturated rings. The van der Waals surface area contributed by atoms with Crippen LogP contribution in [0.25, 0.3) is 0 Å². The van der Waals surface area contributed by atoms with Crippen LogP contribution in [0.2, 0.25) is 0 Å². The molecule has 96 valence electrons. The molecule has 4 nitrogen and oxygen atoms in total. The summed E-state index contributed by atoms with van der Waals surface area (Å²) in [7, 11) is 0. The first-order valence-corrected chi connectivity index (χ1v) is 5.96. The summed E-state index contributed by atoms with van der Waals surface area (Å²) in [4.78, 5) is 11.7. The number of unbranched alkanes of at least 4 members (excludes halogenated alkanes) is 1. The molecule has 0 heterocycles. The van der Waals surface area contributed by atoms with Gasteiger partial charge >= 0.3 is 5.97 Å². The number of ether oxygens (including phenoxy) is 1. The Hall–Kier alpha value is -0.610. The Morgan fingerprint density at radius 1 is 1.19 bits per heavy atom. The van der Waals surface area contributed by atoms with Gasteiger partial charge in [0.1, 0.15) is 6.10 Å².